The average Bonchev–Trinajstić information content (AvgIpc) is 2.55. The Kier molecular flexibility index (Phi) is 4.09. The molecule has 1 fully saturated rings. The number of rotatable bonds is 2. The van der Waals surface area contributed by atoms with Crippen LogP contribution in [0.15, 0.2) is 54.6 Å². The molecule has 3 nitrogen and oxygen atoms in total. The van der Waals surface area contributed by atoms with E-state index in [0.29, 0.717) is 13.1 Å². The van der Waals surface area contributed by atoms with Crippen molar-refractivity contribution in [1.82, 2.24) is 4.90 Å². The van der Waals surface area contributed by atoms with Gasteiger partial charge in [0.25, 0.3) is 5.91 Å². The highest BCUT2D eigenvalue weighted by atomic mass is 19.1. The molecule has 1 aliphatic heterocycles. The summed E-state index contributed by atoms with van der Waals surface area (Å²) in [6.07, 6.45) is 0. The molecule has 1 unspecified atom stereocenters. The van der Waals surface area contributed by atoms with E-state index in [1.807, 2.05) is 18.2 Å². The summed E-state index contributed by atoms with van der Waals surface area (Å²) in [6.45, 7) is 4.05. The molecule has 3 rings (SSSR count). The number of benzene rings is 2. The van der Waals surface area contributed by atoms with Gasteiger partial charge in [0.15, 0.2) is 0 Å². The van der Waals surface area contributed by atoms with E-state index in [0.717, 1.165) is 12.2 Å². The molecular weight excluding hydrogens is 279 g/mol. The summed E-state index contributed by atoms with van der Waals surface area (Å²) >= 11 is 0. The van der Waals surface area contributed by atoms with Crippen LogP contribution in [0.3, 0.4) is 0 Å². The maximum absolute atomic E-state index is 13.8. The van der Waals surface area contributed by atoms with Gasteiger partial charge in [-0.1, -0.05) is 30.3 Å². The van der Waals surface area contributed by atoms with Crippen LogP contribution in [0, 0.1) is 5.82 Å². The van der Waals surface area contributed by atoms with Gasteiger partial charge >= 0.3 is 0 Å². The number of piperazine rings is 1. The van der Waals surface area contributed by atoms with Crippen LogP contribution in [0.4, 0.5) is 10.1 Å². The van der Waals surface area contributed by atoms with Crippen LogP contribution >= 0.6 is 0 Å². The lowest BCUT2D eigenvalue weighted by Gasteiger charge is -2.41. The maximum Gasteiger partial charge on any atom is 0.256 e. The minimum absolute atomic E-state index is 0.155. The predicted octanol–water partition coefficient (Wildman–Crippen LogP) is 3.18. The molecule has 2 aromatic rings. The number of halogens is 1. The molecule has 2 aromatic carbocycles. The van der Waals surface area contributed by atoms with Gasteiger partial charge in [-0.3, -0.25) is 4.79 Å². The van der Waals surface area contributed by atoms with Gasteiger partial charge in [-0.25, -0.2) is 4.39 Å². The van der Waals surface area contributed by atoms with Crippen LogP contribution < -0.4 is 4.90 Å². The first-order valence-electron chi connectivity index (χ1n) is 7.52. The molecule has 0 radical (unpaired) electrons. The molecule has 0 saturated carbocycles. The lowest BCUT2D eigenvalue weighted by molar-refractivity contribution is 0.0721. The van der Waals surface area contributed by atoms with E-state index in [1.165, 1.54) is 6.07 Å². The highest BCUT2D eigenvalue weighted by Crippen LogP contribution is 2.21. The van der Waals surface area contributed by atoms with Crippen LogP contribution in [0.25, 0.3) is 0 Å². The lowest BCUT2D eigenvalue weighted by atomic mass is 10.1. The summed E-state index contributed by atoms with van der Waals surface area (Å²) in [5.41, 5.74) is 1.32. The minimum Gasteiger partial charge on any atom is -0.365 e. The first-order chi connectivity index (χ1) is 10.7. The van der Waals surface area contributed by atoms with Gasteiger partial charge in [0.05, 0.1) is 5.56 Å². The molecule has 1 aliphatic rings. The first-order valence-corrected chi connectivity index (χ1v) is 7.52. The quantitative estimate of drug-likeness (QED) is 0.850. The zero-order valence-corrected chi connectivity index (χ0v) is 12.6. The Morgan fingerprint density at radius 1 is 1.05 bits per heavy atom. The summed E-state index contributed by atoms with van der Waals surface area (Å²) in [5, 5.41) is 0. The topological polar surface area (TPSA) is 23.6 Å². The number of hydrogen-bond acceptors (Lipinski definition) is 2. The fraction of sp³-hybridized carbons (Fsp3) is 0.278. The molecule has 0 bridgehead atoms. The van der Waals surface area contributed by atoms with Gasteiger partial charge in [0.2, 0.25) is 0 Å². The summed E-state index contributed by atoms with van der Waals surface area (Å²) in [7, 11) is 0. The summed E-state index contributed by atoms with van der Waals surface area (Å²) in [5.74, 6) is -0.677. The Labute approximate surface area is 130 Å². The zero-order valence-electron chi connectivity index (χ0n) is 12.6. The SMILES string of the molecule is CC1CN(C(=O)c2ccccc2F)CCN1c1ccccc1. The smallest absolute Gasteiger partial charge is 0.256 e. The van der Waals surface area contributed by atoms with E-state index in [-0.39, 0.29) is 17.5 Å². The van der Waals surface area contributed by atoms with Crippen LogP contribution in [0.5, 0.6) is 0 Å². The van der Waals surface area contributed by atoms with Crippen molar-refractivity contribution < 1.29 is 9.18 Å². The third-order valence-electron chi connectivity index (χ3n) is 4.11. The average molecular weight is 298 g/mol. The van der Waals surface area contributed by atoms with Gasteiger partial charge in [-0.05, 0) is 31.2 Å². The molecule has 1 saturated heterocycles. The summed E-state index contributed by atoms with van der Waals surface area (Å²) in [6, 6.07) is 16.5. The number of anilines is 1. The standard InChI is InChI=1S/C18H19FN2O/c1-14-13-20(18(22)16-9-5-6-10-17(16)19)11-12-21(14)15-7-3-2-4-8-15/h2-10,14H,11-13H2,1H3. The van der Waals surface area contributed by atoms with Crippen LogP contribution in [-0.4, -0.2) is 36.5 Å². The van der Waals surface area contributed by atoms with Crippen molar-refractivity contribution in [2.45, 2.75) is 13.0 Å². The number of carbonyl (C=O) groups excluding carboxylic acids is 1. The molecule has 114 valence electrons. The monoisotopic (exact) mass is 298 g/mol. The Morgan fingerprint density at radius 3 is 2.41 bits per heavy atom. The molecule has 0 N–H and O–H groups in total. The molecule has 1 heterocycles. The van der Waals surface area contributed by atoms with E-state index in [1.54, 1.807) is 23.1 Å². The van der Waals surface area contributed by atoms with Crippen molar-refractivity contribution in [3.05, 3.63) is 66.0 Å². The van der Waals surface area contributed by atoms with E-state index in [2.05, 4.69) is 24.0 Å². The van der Waals surface area contributed by atoms with Gasteiger partial charge < -0.3 is 9.80 Å². The largest absolute Gasteiger partial charge is 0.365 e. The second-order valence-corrected chi connectivity index (χ2v) is 5.61. The fourth-order valence-electron chi connectivity index (χ4n) is 2.95. The van der Waals surface area contributed by atoms with Crippen LogP contribution in [-0.2, 0) is 0 Å². The van der Waals surface area contributed by atoms with Crippen molar-refractivity contribution in [2.75, 3.05) is 24.5 Å². The zero-order chi connectivity index (χ0) is 15.5. The number of carbonyl (C=O) groups is 1. The second kappa shape index (κ2) is 6.18. The number of nitrogens with zero attached hydrogens (tertiary/aromatic N) is 2. The first kappa shape index (κ1) is 14.6. The van der Waals surface area contributed by atoms with Crippen molar-refractivity contribution in [1.29, 1.82) is 0 Å². The molecule has 1 atom stereocenters. The Hall–Kier alpha value is -2.36. The molecule has 0 spiro atoms. The van der Waals surface area contributed by atoms with Gasteiger partial charge in [-0.2, -0.15) is 0 Å². The Balaban J connectivity index is 1.73. The molecule has 0 aliphatic carbocycles. The van der Waals surface area contributed by atoms with Crippen molar-refractivity contribution in [2.24, 2.45) is 0 Å². The molecule has 0 aromatic heterocycles. The molecule has 1 amide bonds. The summed E-state index contributed by atoms with van der Waals surface area (Å²) in [4.78, 5) is 16.5. The summed E-state index contributed by atoms with van der Waals surface area (Å²) < 4.78 is 13.8. The number of hydrogen-bond donors (Lipinski definition) is 0. The van der Waals surface area contributed by atoms with Crippen molar-refractivity contribution in [3.8, 4) is 0 Å². The van der Waals surface area contributed by atoms with E-state index < -0.39 is 5.82 Å². The predicted molar refractivity (Wildman–Crippen MR) is 85.6 cm³/mol. The highest BCUT2D eigenvalue weighted by Gasteiger charge is 2.28. The van der Waals surface area contributed by atoms with E-state index in [9.17, 15) is 9.18 Å². The van der Waals surface area contributed by atoms with Crippen LogP contribution in [0.1, 0.15) is 17.3 Å². The Bertz CT molecular complexity index is 659. The number of amides is 1. The van der Waals surface area contributed by atoms with Crippen molar-refractivity contribution >= 4 is 11.6 Å². The van der Waals surface area contributed by atoms with Gasteiger partial charge in [0, 0.05) is 31.4 Å². The van der Waals surface area contributed by atoms with Gasteiger partial charge in [-0.15, -0.1) is 0 Å². The van der Waals surface area contributed by atoms with E-state index >= 15 is 0 Å². The van der Waals surface area contributed by atoms with Crippen molar-refractivity contribution in [3.63, 3.8) is 0 Å². The third-order valence-corrected chi connectivity index (χ3v) is 4.11. The normalized spacial score (nSPS) is 18.4. The maximum atomic E-state index is 13.8. The van der Waals surface area contributed by atoms with E-state index in [4.69, 9.17) is 0 Å². The molecule has 22 heavy (non-hydrogen) atoms. The molecule has 4 heteroatoms. The van der Waals surface area contributed by atoms with Crippen LogP contribution in [0.2, 0.25) is 0 Å². The Morgan fingerprint density at radius 2 is 1.73 bits per heavy atom. The minimum atomic E-state index is -0.453. The lowest BCUT2D eigenvalue weighted by Crippen LogP contribution is -2.53. The second-order valence-electron chi connectivity index (χ2n) is 5.61. The fourth-order valence-corrected chi connectivity index (χ4v) is 2.95. The third kappa shape index (κ3) is 2.82. The molecular formula is C18H19FN2O. The van der Waals surface area contributed by atoms with Gasteiger partial charge in [0.1, 0.15) is 5.82 Å². The highest BCUT2D eigenvalue weighted by molar-refractivity contribution is 5.94. The number of para-hydroxylation sites is 1.